The molecule has 0 radical (unpaired) electrons. The normalized spacial score (nSPS) is 12.4. The second-order valence-electron chi connectivity index (χ2n) is 18.7. The van der Waals surface area contributed by atoms with Crippen molar-refractivity contribution in [3.05, 3.63) is 112 Å². The summed E-state index contributed by atoms with van der Waals surface area (Å²) in [5, 5.41) is 12.6. The largest absolute Gasteiger partial charge is 0.497 e. The van der Waals surface area contributed by atoms with Gasteiger partial charge in [0.05, 0.1) is 22.7 Å². The zero-order valence-corrected chi connectivity index (χ0v) is 43.2. The molecule has 0 aliphatic rings. The molecule has 0 spiro atoms. The van der Waals surface area contributed by atoms with Crippen LogP contribution in [-0.2, 0) is 25.0 Å². The van der Waals surface area contributed by atoms with E-state index in [2.05, 4.69) is 48.8 Å². The highest BCUT2D eigenvalue weighted by Crippen LogP contribution is 2.31. The van der Waals surface area contributed by atoms with Crippen molar-refractivity contribution in [3.63, 3.8) is 0 Å². The molecule has 5 aromatic rings. The van der Waals surface area contributed by atoms with Gasteiger partial charge in [-0.1, -0.05) is 135 Å². The molecular weight excluding hydrogens is 926 g/mol. The van der Waals surface area contributed by atoms with Crippen molar-refractivity contribution in [2.75, 3.05) is 30.9 Å². The minimum absolute atomic E-state index is 0.00619. The molecule has 4 aromatic carbocycles. The first-order valence-electron chi connectivity index (χ1n) is 24.3. The highest BCUT2D eigenvalue weighted by molar-refractivity contribution is 7.89. The van der Waals surface area contributed by atoms with E-state index in [0.717, 1.165) is 29.7 Å². The van der Waals surface area contributed by atoms with Crippen LogP contribution < -0.4 is 19.7 Å². The molecule has 1 heterocycles. The van der Waals surface area contributed by atoms with Crippen LogP contribution in [0, 0.1) is 18.3 Å². The Hall–Kier alpha value is -6.01. The summed E-state index contributed by atoms with van der Waals surface area (Å²) in [5.74, 6) is -1.30. The van der Waals surface area contributed by atoms with E-state index in [9.17, 15) is 28.1 Å². The molecule has 13 nitrogen and oxygen atoms in total. The van der Waals surface area contributed by atoms with E-state index < -0.39 is 33.9 Å². The minimum Gasteiger partial charge on any atom is -0.497 e. The molecule has 0 aliphatic heterocycles. The number of halogens is 1. The molecule has 2 N–H and O–H groups in total. The lowest BCUT2D eigenvalue weighted by atomic mass is 9.87. The number of ketones is 1. The van der Waals surface area contributed by atoms with Gasteiger partial charge >= 0.3 is 6.09 Å². The molecule has 0 saturated carbocycles. The molecule has 70 heavy (non-hydrogen) atoms. The third-order valence-corrected chi connectivity index (χ3v) is 14.0. The van der Waals surface area contributed by atoms with Gasteiger partial charge in [-0.25, -0.2) is 22.9 Å². The molecule has 1 atom stereocenters. The number of methoxy groups -OCH3 is 1. The van der Waals surface area contributed by atoms with Gasteiger partial charge in [-0.15, -0.1) is 0 Å². The summed E-state index contributed by atoms with van der Waals surface area (Å²) in [4.78, 5) is 47.4. The molecule has 1 aromatic heterocycles. The number of carbonyl (C=O) groups is 3. The first kappa shape index (κ1) is 54.9. The first-order chi connectivity index (χ1) is 33.4. The van der Waals surface area contributed by atoms with Gasteiger partial charge in [0.25, 0.3) is 5.91 Å². The van der Waals surface area contributed by atoms with Crippen LogP contribution >= 0.6 is 11.6 Å². The fourth-order valence-electron chi connectivity index (χ4n) is 7.83. The summed E-state index contributed by atoms with van der Waals surface area (Å²) in [7, 11) is -1.12. The fourth-order valence-corrected chi connectivity index (χ4v) is 9.09. The summed E-state index contributed by atoms with van der Waals surface area (Å²) in [5.41, 5.74) is 3.98. The van der Waals surface area contributed by atoms with E-state index in [1.165, 1.54) is 121 Å². The van der Waals surface area contributed by atoms with Crippen LogP contribution in [0.25, 0.3) is 22.7 Å². The van der Waals surface area contributed by atoms with Crippen molar-refractivity contribution in [2.24, 2.45) is 0 Å². The van der Waals surface area contributed by atoms with Crippen molar-refractivity contribution in [1.29, 1.82) is 5.26 Å². The number of anilines is 2. The number of benzene rings is 4. The number of Topliss-reactive ketones (excluding diaryl/α,β-unsaturated/α-hetero) is 1. The molecule has 5 rings (SSSR count). The fraction of sp³-hybridized carbons (Fsp3) is 0.436. The Labute approximate surface area is 419 Å². The van der Waals surface area contributed by atoms with E-state index in [0.29, 0.717) is 40.1 Å². The monoisotopic (exact) mass is 993 g/mol. The first-order valence-corrected chi connectivity index (χ1v) is 26.2. The zero-order valence-electron chi connectivity index (χ0n) is 41.7. The van der Waals surface area contributed by atoms with Gasteiger partial charge in [-0.2, -0.15) is 5.26 Å². The van der Waals surface area contributed by atoms with Crippen LogP contribution in [0.4, 0.5) is 16.2 Å². The average molecular weight is 995 g/mol. The summed E-state index contributed by atoms with van der Waals surface area (Å²) >= 11 is 6.47. The number of unbranched alkanes of at least 4 members (excludes halogenated alkanes) is 13. The maximum absolute atomic E-state index is 14.0. The van der Waals surface area contributed by atoms with E-state index >= 15 is 0 Å². The molecule has 374 valence electrons. The van der Waals surface area contributed by atoms with Gasteiger partial charge in [0.15, 0.2) is 5.58 Å². The Kier molecular flexibility index (Phi) is 20.6. The Balaban J connectivity index is 1.23. The number of carbonyl (C=O) groups excluding carboxylic acids is 3. The molecule has 0 bridgehead atoms. The van der Waals surface area contributed by atoms with Crippen LogP contribution in [0.2, 0.25) is 5.02 Å². The average Bonchev–Trinajstić information content (AvgIpc) is 3.77. The Morgan fingerprint density at radius 2 is 1.49 bits per heavy atom. The number of allylic oxidation sites excluding steroid dienone is 1. The molecule has 1 unspecified atom stereocenters. The Morgan fingerprint density at radius 3 is 2.07 bits per heavy atom. The number of hydrogen-bond donors (Lipinski definition) is 2. The lowest BCUT2D eigenvalue weighted by Gasteiger charge is -2.22. The SMILES string of the molecule is CCCCCCCCCCCCCCCCNS(=O)(=O)c1ccc(Cl)c(NC(=O)C(OC(=O)N(C)c2ccc(C=C(C#N)c3nc4cc(C(C)(C)C)ccc4o3)c(C)c2)C(=O)c2ccc(OC)cc2)c1. The number of rotatable bonds is 26. The third-order valence-electron chi connectivity index (χ3n) is 12.2. The van der Waals surface area contributed by atoms with Gasteiger partial charge in [0.1, 0.15) is 22.9 Å². The van der Waals surface area contributed by atoms with E-state index in [-0.39, 0.29) is 44.6 Å². The van der Waals surface area contributed by atoms with Crippen LogP contribution in [0.15, 0.2) is 88.2 Å². The van der Waals surface area contributed by atoms with Gasteiger partial charge in [0, 0.05) is 24.8 Å². The highest BCUT2D eigenvalue weighted by Gasteiger charge is 2.34. The van der Waals surface area contributed by atoms with E-state index in [4.69, 9.17) is 25.5 Å². The van der Waals surface area contributed by atoms with Crippen LogP contribution in [0.3, 0.4) is 0 Å². The van der Waals surface area contributed by atoms with E-state index in [1.807, 2.05) is 18.2 Å². The maximum Gasteiger partial charge on any atom is 0.415 e. The number of fused-ring (bicyclic) bond motifs is 1. The maximum atomic E-state index is 14.0. The Morgan fingerprint density at radius 1 is 0.857 bits per heavy atom. The number of nitrogens with zero attached hydrogens (tertiary/aromatic N) is 3. The second-order valence-corrected chi connectivity index (χ2v) is 20.9. The van der Waals surface area contributed by atoms with Crippen LogP contribution in [0.5, 0.6) is 5.75 Å². The number of nitriles is 1. The Bertz CT molecular complexity index is 2760. The summed E-state index contributed by atoms with van der Waals surface area (Å²) in [6.07, 6.45) is 15.2. The van der Waals surface area contributed by atoms with Crippen molar-refractivity contribution >= 4 is 73.5 Å². The highest BCUT2D eigenvalue weighted by atomic mass is 35.5. The number of hydrogen-bond acceptors (Lipinski definition) is 10. The molecule has 2 amide bonds. The van der Waals surface area contributed by atoms with Crippen molar-refractivity contribution < 1.29 is 36.7 Å². The number of oxazole rings is 1. The lowest BCUT2D eigenvalue weighted by molar-refractivity contribution is -0.122. The number of amides is 2. The van der Waals surface area contributed by atoms with Crippen molar-refractivity contribution in [3.8, 4) is 11.8 Å². The minimum atomic E-state index is -4.00. The quantitative estimate of drug-likeness (QED) is 0.0234. The van der Waals surface area contributed by atoms with Gasteiger partial charge in [-0.05, 0) is 108 Å². The molecular formula is C55H68ClN5O8S. The topological polar surface area (TPSA) is 181 Å². The summed E-state index contributed by atoms with van der Waals surface area (Å²) < 4.78 is 46.2. The molecule has 0 aliphatic carbocycles. The van der Waals surface area contributed by atoms with E-state index in [1.54, 1.807) is 31.2 Å². The van der Waals surface area contributed by atoms with Gasteiger partial charge < -0.3 is 19.2 Å². The summed E-state index contributed by atoms with van der Waals surface area (Å²) in [6, 6.07) is 22.7. The lowest BCUT2D eigenvalue weighted by Crippen LogP contribution is -2.42. The van der Waals surface area contributed by atoms with Crippen LogP contribution in [-0.4, -0.2) is 58.0 Å². The van der Waals surface area contributed by atoms with Gasteiger partial charge in [0.2, 0.25) is 27.8 Å². The molecule has 0 saturated heterocycles. The number of ether oxygens (including phenoxy) is 2. The number of aryl methyl sites for hydroxylation is 1. The predicted octanol–water partition coefficient (Wildman–Crippen LogP) is 13.4. The number of sulfonamides is 1. The van der Waals surface area contributed by atoms with Gasteiger partial charge in [-0.3, -0.25) is 14.5 Å². The molecule has 0 fully saturated rings. The standard InChI is InChI=1S/C55H68ClN5O8S/c1-8-9-10-11-12-13-14-15-16-17-18-19-20-21-32-58-70(65,66)45-29-30-46(56)47(36-45)59-52(63)51(50(62)39-23-27-44(67-7)28-24-39)69-54(64)61(6)43-26-22-40(38(2)33-43)34-41(37-57)53-60-48-35-42(55(3,4)5)25-31-49(48)68-53/h22-31,33-36,51,58H,8-21,32H2,1-7H3,(H,59,63). The smallest absolute Gasteiger partial charge is 0.415 e. The second kappa shape index (κ2) is 26.3. The zero-order chi connectivity index (χ0) is 50.8. The van der Waals surface area contributed by atoms with Crippen LogP contribution in [0.1, 0.15) is 151 Å². The number of nitrogens with one attached hydrogen (secondary N) is 2. The predicted molar refractivity (Wildman–Crippen MR) is 279 cm³/mol. The van der Waals surface area contributed by atoms with Crippen molar-refractivity contribution in [1.82, 2.24) is 9.71 Å². The van der Waals surface area contributed by atoms with Crippen molar-refractivity contribution in [2.45, 2.75) is 141 Å². The number of aromatic nitrogens is 1. The third kappa shape index (κ3) is 15.8. The summed E-state index contributed by atoms with van der Waals surface area (Å²) in [6.45, 7) is 10.6. The molecule has 15 heteroatoms.